The van der Waals surface area contributed by atoms with Crippen molar-refractivity contribution in [2.24, 2.45) is 11.8 Å². The van der Waals surface area contributed by atoms with Gasteiger partial charge in [-0.25, -0.2) is 13.1 Å². The lowest BCUT2D eigenvalue weighted by molar-refractivity contribution is -0.143. The van der Waals surface area contributed by atoms with E-state index in [9.17, 15) is 34.8 Å². The van der Waals surface area contributed by atoms with Crippen molar-refractivity contribution in [1.29, 1.82) is 0 Å². The second-order valence-corrected chi connectivity index (χ2v) is 12.7. The van der Waals surface area contributed by atoms with Gasteiger partial charge in [-0.2, -0.15) is 26.3 Å². The van der Waals surface area contributed by atoms with Gasteiger partial charge < -0.3 is 4.74 Å². The van der Waals surface area contributed by atoms with Gasteiger partial charge in [-0.3, -0.25) is 9.88 Å². The molecule has 3 aromatic rings. The number of aromatic nitrogens is 1. The predicted octanol–water partition coefficient (Wildman–Crippen LogP) is 6.81. The number of hydrogen-bond donors (Lipinski definition) is 1. The van der Waals surface area contributed by atoms with Crippen LogP contribution >= 0.6 is 0 Å². The lowest BCUT2D eigenvalue weighted by Gasteiger charge is -2.52. The van der Waals surface area contributed by atoms with E-state index in [0.717, 1.165) is 25.8 Å². The number of nitrogens with one attached hydrogen (secondary N) is 1. The van der Waals surface area contributed by atoms with Crippen LogP contribution in [-0.4, -0.2) is 44.5 Å². The summed E-state index contributed by atoms with van der Waals surface area (Å²) in [6.45, 7) is 3.55. The Balaban J connectivity index is 1.63. The summed E-state index contributed by atoms with van der Waals surface area (Å²) in [6.07, 6.45) is -5.29. The van der Waals surface area contributed by atoms with Crippen LogP contribution in [0.4, 0.5) is 26.3 Å². The number of nitrogens with zero attached hydrogens (tertiary/aromatic N) is 2. The van der Waals surface area contributed by atoms with E-state index < -0.39 is 44.4 Å². The van der Waals surface area contributed by atoms with Crippen molar-refractivity contribution in [2.75, 3.05) is 20.2 Å². The average molecular weight is 616 g/mol. The van der Waals surface area contributed by atoms with Crippen molar-refractivity contribution in [1.82, 2.24) is 14.6 Å². The SMILES string of the molecule is CCCC1CN2CCC1CC2C(NS(=O)(=O)c1cc(C(F)(F)F)cc(C(F)(F)F)c1)c1ccnc2ccc(OC)cc12. The first-order chi connectivity index (χ1) is 19.7. The molecule has 0 spiro atoms. The molecule has 0 saturated carbocycles. The summed E-state index contributed by atoms with van der Waals surface area (Å²) in [5.41, 5.74) is -2.35. The van der Waals surface area contributed by atoms with Crippen LogP contribution in [0.5, 0.6) is 5.75 Å². The molecule has 3 fully saturated rings. The molecule has 0 aliphatic carbocycles. The third-order valence-corrected chi connectivity index (χ3v) is 9.87. The molecule has 1 aromatic heterocycles. The highest BCUT2D eigenvalue weighted by molar-refractivity contribution is 7.89. The number of benzene rings is 2. The third-order valence-electron chi connectivity index (χ3n) is 8.45. The molecular weight excluding hydrogens is 584 g/mol. The number of rotatable bonds is 8. The number of ether oxygens (including phenoxy) is 1. The van der Waals surface area contributed by atoms with Crippen LogP contribution in [0.25, 0.3) is 10.9 Å². The van der Waals surface area contributed by atoms with E-state index >= 15 is 0 Å². The van der Waals surface area contributed by atoms with Crippen molar-refractivity contribution in [2.45, 2.75) is 61.9 Å². The fourth-order valence-electron chi connectivity index (χ4n) is 6.44. The summed E-state index contributed by atoms with van der Waals surface area (Å²) in [4.78, 5) is 5.45. The Morgan fingerprint density at radius 3 is 2.31 bits per heavy atom. The number of piperidine rings is 3. The second kappa shape index (κ2) is 11.3. The number of hydrogen-bond acceptors (Lipinski definition) is 5. The summed E-state index contributed by atoms with van der Waals surface area (Å²) in [5, 5.41) is 0.567. The van der Waals surface area contributed by atoms with Crippen LogP contribution < -0.4 is 9.46 Å². The molecule has 5 unspecified atom stereocenters. The largest absolute Gasteiger partial charge is 0.497 e. The first kappa shape index (κ1) is 30.6. The zero-order valence-corrected chi connectivity index (χ0v) is 23.8. The van der Waals surface area contributed by atoms with Crippen molar-refractivity contribution < 1.29 is 39.5 Å². The van der Waals surface area contributed by atoms with Gasteiger partial charge in [0.25, 0.3) is 0 Å². The molecule has 228 valence electrons. The van der Waals surface area contributed by atoms with Crippen LogP contribution in [0.15, 0.2) is 53.6 Å². The highest BCUT2D eigenvalue weighted by atomic mass is 32.2. The lowest BCUT2D eigenvalue weighted by atomic mass is 9.71. The van der Waals surface area contributed by atoms with Crippen LogP contribution in [-0.2, 0) is 22.4 Å². The molecule has 5 atom stereocenters. The molecule has 3 aliphatic heterocycles. The Labute approximate surface area is 240 Å². The maximum absolute atomic E-state index is 13.7. The normalized spacial score (nSPS) is 23.7. The van der Waals surface area contributed by atoms with E-state index in [1.807, 2.05) is 0 Å². The summed E-state index contributed by atoms with van der Waals surface area (Å²) in [6, 6.07) is 5.77. The minimum atomic E-state index is -5.19. The maximum atomic E-state index is 13.7. The van der Waals surface area contributed by atoms with Gasteiger partial charge in [-0.15, -0.1) is 0 Å². The van der Waals surface area contributed by atoms with Gasteiger partial charge >= 0.3 is 12.4 Å². The van der Waals surface area contributed by atoms with E-state index in [4.69, 9.17) is 4.74 Å². The number of pyridine rings is 1. The molecule has 13 heteroatoms. The second-order valence-electron chi connectivity index (χ2n) is 11.0. The molecule has 2 bridgehead atoms. The molecule has 4 heterocycles. The number of methoxy groups -OCH3 is 1. The van der Waals surface area contributed by atoms with Gasteiger partial charge in [0.15, 0.2) is 0 Å². The zero-order valence-electron chi connectivity index (χ0n) is 23.0. The third kappa shape index (κ3) is 6.09. The number of sulfonamides is 1. The van der Waals surface area contributed by atoms with E-state index in [1.165, 1.54) is 13.3 Å². The molecule has 42 heavy (non-hydrogen) atoms. The summed E-state index contributed by atoms with van der Waals surface area (Å²) in [5.74, 6) is 1.24. The van der Waals surface area contributed by atoms with Crippen LogP contribution in [0.2, 0.25) is 0 Å². The molecular formula is C29H31F6N3O3S. The summed E-state index contributed by atoms with van der Waals surface area (Å²) >= 11 is 0. The minimum absolute atomic E-state index is 0.0845. The average Bonchev–Trinajstić information content (AvgIpc) is 2.95. The topological polar surface area (TPSA) is 71.5 Å². The molecule has 6 rings (SSSR count). The Bertz CT molecular complexity index is 1530. The van der Waals surface area contributed by atoms with Gasteiger partial charge in [-0.1, -0.05) is 13.3 Å². The lowest BCUT2D eigenvalue weighted by Crippen LogP contribution is -2.57. The highest BCUT2D eigenvalue weighted by Crippen LogP contribution is 2.44. The Hall–Kier alpha value is -2.90. The molecule has 6 nitrogen and oxygen atoms in total. The Morgan fingerprint density at radius 2 is 1.74 bits per heavy atom. The Morgan fingerprint density at radius 1 is 1.05 bits per heavy atom. The summed E-state index contributed by atoms with van der Waals surface area (Å²) in [7, 11) is -3.40. The van der Waals surface area contributed by atoms with Gasteiger partial charge in [0.1, 0.15) is 5.75 Å². The van der Waals surface area contributed by atoms with Crippen LogP contribution in [0.1, 0.15) is 55.3 Å². The predicted molar refractivity (Wildman–Crippen MR) is 144 cm³/mol. The van der Waals surface area contributed by atoms with Gasteiger partial charge in [0, 0.05) is 24.2 Å². The number of fused-ring (bicyclic) bond motifs is 4. The van der Waals surface area contributed by atoms with Gasteiger partial charge in [-0.05, 0) is 85.7 Å². The van der Waals surface area contributed by atoms with Gasteiger partial charge in [0.05, 0.1) is 34.7 Å². The molecule has 3 saturated heterocycles. The van der Waals surface area contributed by atoms with Crippen molar-refractivity contribution in [3.8, 4) is 5.75 Å². The molecule has 3 aliphatic rings. The standard InChI is InChI=1S/C29H31F6N3O3S/c1-3-4-18-16-38-10-8-17(18)11-26(38)27(23-7-9-36-25-6-5-21(41-2)15-24(23)25)37-42(39,40)22-13-19(28(30,31)32)12-20(14-22)29(33,34)35/h5-7,9,12-15,17-18,26-27,37H,3-4,8,10-11,16H2,1-2H3. The van der Waals surface area contributed by atoms with Crippen molar-refractivity contribution >= 4 is 20.9 Å². The van der Waals surface area contributed by atoms with Crippen molar-refractivity contribution in [3.05, 3.63) is 65.4 Å². The number of alkyl halides is 6. The molecule has 1 N–H and O–H groups in total. The first-order valence-corrected chi connectivity index (χ1v) is 15.2. The van der Waals surface area contributed by atoms with E-state index in [1.54, 1.807) is 24.3 Å². The summed E-state index contributed by atoms with van der Waals surface area (Å²) < 4.78 is 117. The highest BCUT2D eigenvalue weighted by Gasteiger charge is 2.45. The van der Waals surface area contributed by atoms with Crippen LogP contribution in [0, 0.1) is 11.8 Å². The smallest absolute Gasteiger partial charge is 0.416 e. The fraction of sp³-hybridized carbons (Fsp3) is 0.483. The fourth-order valence-corrected chi connectivity index (χ4v) is 7.75. The van der Waals surface area contributed by atoms with Gasteiger partial charge in [0.2, 0.25) is 10.0 Å². The minimum Gasteiger partial charge on any atom is -0.497 e. The van der Waals surface area contributed by atoms with E-state index in [-0.39, 0.29) is 24.2 Å². The van der Waals surface area contributed by atoms with Crippen LogP contribution in [0.3, 0.4) is 0 Å². The molecule has 2 aromatic carbocycles. The zero-order chi connectivity index (χ0) is 30.4. The molecule has 0 amide bonds. The monoisotopic (exact) mass is 615 g/mol. The van der Waals surface area contributed by atoms with E-state index in [2.05, 4.69) is 21.5 Å². The van der Waals surface area contributed by atoms with Crippen molar-refractivity contribution in [3.63, 3.8) is 0 Å². The van der Waals surface area contributed by atoms with E-state index in [0.29, 0.717) is 47.0 Å². The maximum Gasteiger partial charge on any atom is 0.416 e. The number of halogens is 6. The molecule has 0 radical (unpaired) electrons. The first-order valence-electron chi connectivity index (χ1n) is 13.7. The quantitative estimate of drug-likeness (QED) is 0.282. The Kier molecular flexibility index (Phi) is 8.23.